The second-order valence-corrected chi connectivity index (χ2v) is 9.16. The van der Waals surface area contributed by atoms with E-state index in [1.807, 2.05) is 0 Å². The van der Waals surface area contributed by atoms with Gasteiger partial charge < -0.3 is 10.6 Å². The fourth-order valence-corrected chi connectivity index (χ4v) is 5.58. The molecule has 2 N–H and O–H groups in total. The molecule has 1 atom stereocenters. The lowest BCUT2D eigenvalue weighted by molar-refractivity contribution is 0.161. The average Bonchev–Trinajstić information content (AvgIpc) is 3.06. The monoisotopic (exact) mass is 414 g/mol. The lowest BCUT2D eigenvalue weighted by Crippen LogP contribution is -2.41. The van der Waals surface area contributed by atoms with Crippen molar-refractivity contribution < 1.29 is 0 Å². The third-order valence-electron chi connectivity index (χ3n) is 6.36. The zero-order valence-corrected chi connectivity index (χ0v) is 17.4. The maximum absolute atomic E-state index is 9.59. The number of anilines is 2. The molecule has 28 heavy (non-hydrogen) atoms. The van der Waals surface area contributed by atoms with Gasteiger partial charge in [0.05, 0.1) is 11.2 Å². The van der Waals surface area contributed by atoms with Crippen LogP contribution >= 0.6 is 23.4 Å². The highest BCUT2D eigenvalue weighted by Gasteiger charge is 2.42. The van der Waals surface area contributed by atoms with Gasteiger partial charge in [0.1, 0.15) is 22.7 Å². The number of piperidine rings is 1. The van der Waals surface area contributed by atoms with Crippen LogP contribution in [-0.2, 0) is 0 Å². The number of pyridine rings is 1. The van der Waals surface area contributed by atoms with Crippen LogP contribution in [0.4, 0.5) is 11.6 Å². The number of nitrogens with zero attached hydrogens (tertiary/aromatic N) is 5. The van der Waals surface area contributed by atoms with Crippen molar-refractivity contribution in [2.75, 3.05) is 23.7 Å². The predicted octanol–water partition coefficient (Wildman–Crippen LogP) is 4.54. The molecule has 2 aliphatic rings. The summed E-state index contributed by atoms with van der Waals surface area (Å²) in [4.78, 5) is 16.0. The molecule has 2 aromatic heterocycles. The van der Waals surface area contributed by atoms with Crippen LogP contribution in [0.15, 0.2) is 28.4 Å². The topological polar surface area (TPSA) is 91.7 Å². The molecule has 2 fully saturated rings. The van der Waals surface area contributed by atoms with Crippen molar-refractivity contribution in [3.05, 3.63) is 29.2 Å². The summed E-state index contributed by atoms with van der Waals surface area (Å²) >= 11 is 7.50. The summed E-state index contributed by atoms with van der Waals surface area (Å²) in [6.07, 6.45) is 9.80. The Morgan fingerprint density at radius 2 is 2.11 bits per heavy atom. The highest BCUT2D eigenvalue weighted by Crippen LogP contribution is 2.50. The van der Waals surface area contributed by atoms with Crippen molar-refractivity contribution in [3.8, 4) is 6.07 Å². The minimum Gasteiger partial charge on any atom is -0.382 e. The van der Waals surface area contributed by atoms with Crippen molar-refractivity contribution >= 4 is 35.0 Å². The molecule has 0 aromatic carbocycles. The Kier molecular flexibility index (Phi) is 5.35. The number of rotatable bonds is 3. The van der Waals surface area contributed by atoms with E-state index in [-0.39, 0.29) is 5.82 Å². The van der Waals surface area contributed by atoms with Gasteiger partial charge in [-0.05, 0) is 36.7 Å². The maximum Gasteiger partial charge on any atom is 0.175 e. The molecule has 6 nitrogen and oxygen atoms in total. The van der Waals surface area contributed by atoms with Gasteiger partial charge in [-0.2, -0.15) is 5.26 Å². The minimum absolute atomic E-state index is 0.262. The van der Waals surface area contributed by atoms with Gasteiger partial charge in [0.2, 0.25) is 0 Å². The van der Waals surface area contributed by atoms with E-state index in [4.69, 9.17) is 17.3 Å². The first-order valence-electron chi connectivity index (χ1n) is 9.62. The zero-order valence-electron chi connectivity index (χ0n) is 15.9. The predicted molar refractivity (Wildman–Crippen MR) is 111 cm³/mol. The zero-order chi connectivity index (χ0) is 19.7. The highest BCUT2D eigenvalue weighted by molar-refractivity contribution is 7.99. The number of hydrogen-bond donors (Lipinski definition) is 1. The molecule has 0 bridgehead atoms. The second-order valence-electron chi connectivity index (χ2n) is 7.75. The number of hydrogen-bond acceptors (Lipinski definition) is 7. The van der Waals surface area contributed by atoms with E-state index in [2.05, 4.69) is 32.8 Å². The lowest BCUT2D eigenvalue weighted by atomic mass is 9.71. The quantitative estimate of drug-likeness (QED) is 0.788. The van der Waals surface area contributed by atoms with Crippen LogP contribution < -0.4 is 10.6 Å². The smallest absolute Gasteiger partial charge is 0.175 e. The molecular weight excluding hydrogens is 392 g/mol. The molecule has 1 spiro atoms. The summed E-state index contributed by atoms with van der Waals surface area (Å²) in [5.41, 5.74) is 6.58. The van der Waals surface area contributed by atoms with Gasteiger partial charge in [-0.1, -0.05) is 43.1 Å². The van der Waals surface area contributed by atoms with Crippen LogP contribution in [-0.4, -0.2) is 28.0 Å². The van der Waals surface area contributed by atoms with Gasteiger partial charge in [0.25, 0.3) is 0 Å². The molecule has 1 aliphatic carbocycles. The summed E-state index contributed by atoms with van der Waals surface area (Å²) in [6, 6.07) is 3.93. The van der Waals surface area contributed by atoms with Crippen LogP contribution in [0, 0.1) is 22.7 Å². The Labute approximate surface area is 174 Å². The Hall–Kier alpha value is -2.04. The Morgan fingerprint density at radius 3 is 2.79 bits per heavy atom. The number of aromatic nitrogens is 3. The van der Waals surface area contributed by atoms with Crippen LogP contribution in [0.5, 0.6) is 0 Å². The molecule has 0 unspecified atom stereocenters. The molecule has 1 saturated heterocycles. The summed E-state index contributed by atoms with van der Waals surface area (Å²) in [5, 5.41) is 10.5. The minimum atomic E-state index is 0.262. The van der Waals surface area contributed by atoms with Crippen LogP contribution in [0.3, 0.4) is 0 Å². The highest BCUT2D eigenvalue weighted by atomic mass is 35.5. The van der Waals surface area contributed by atoms with E-state index in [1.54, 1.807) is 18.5 Å². The summed E-state index contributed by atoms with van der Waals surface area (Å²) < 4.78 is 0. The van der Waals surface area contributed by atoms with Gasteiger partial charge >= 0.3 is 0 Å². The van der Waals surface area contributed by atoms with Crippen LogP contribution in [0.2, 0.25) is 5.02 Å². The molecule has 3 heterocycles. The van der Waals surface area contributed by atoms with Crippen molar-refractivity contribution in [3.63, 3.8) is 0 Å². The van der Waals surface area contributed by atoms with Crippen molar-refractivity contribution in [2.45, 2.75) is 48.9 Å². The molecule has 0 amide bonds. The molecule has 0 radical (unpaired) electrons. The summed E-state index contributed by atoms with van der Waals surface area (Å²) in [5.74, 6) is 1.85. The summed E-state index contributed by atoms with van der Waals surface area (Å²) in [7, 11) is 0. The van der Waals surface area contributed by atoms with Gasteiger partial charge in [-0.25, -0.2) is 15.0 Å². The lowest BCUT2D eigenvalue weighted by Gasteiger charge is -2.42. The molecule has 1 aliphatic heterocycles. The van der Waals surface area contributed by atoms with Crippen LogP contribution in [0.1, 0.15) is 44.7 Å². The molecule has 1 saturated carbocycles. The van der Waals surface area contributed by atoms with E-state index in [0.29, 0.717) is 26.1 Å². The second kappa shape index (κ2) is 7.76. The van der Waals surface area contributed by atoms with E-state index < -0.39 is 0 Å². The SMILES string of the molecule is C[C@@H]1CCCC12CCN(c1cnc(Sc3ccnc(N)c3Cl)c(C#N)n1)CC2. The number of halogens is 1. The molecule has 8 heteroatoms. The normalized spacial score (nSPS) is 21.0. The summed E-state index contributed by atoms with van der Waals surface area (Å²) in [6.45, 7) is 4.35. The molecule has 4 rings (SSSR count). The first-order chi connectivity index (χ1) is 13.5. The third-order valence-corrected chi connectivity index (χ3v) is 7.92. The first-order valence-corrected chi connectivity index (χ1v) is 10.8. The first kappa shape index (κ1) is 19.3. The third kappa shape index (κ3) is 3.51. The van der Waals surface area contributed by atoms with Gasteiger partial charge in [0, 0.05) is 24.2 Å². The molecule has 146 valence electrons. The van der Waals surface area contributed by atoms with Crippen LogP contribution in [0.25, 0.3) is 0 Å². The van der Waals surface area contributed by atoms with Crippen molar-refractivity contribution in [1.29, 1.82) is 5.26 Å². The van der Waals surface area contributed by atoms with Crippen molar-refractivity contribution in [1.82, 2.24) is 15.0 Å². The van der Waals surface area contributed by atoms with Crippen molar-refractivity contribution in [2.24, 2.45) is 11.3 Å². The Bertz CT molecular complexity index is 919. The standard InChI is InChI=1S/C20H23ClN6S/c1-13-3-2-5-20(13)6-9-27(10-7-20)16-12-25-19(14(11-22)26-16)28-15-4-8-24-18(23)17(15)21/h4,8,12-13H,2-3,5-7,9-10H2,1H3,(H2,23,24)/t13-/m1/s1. The Morgan fingerprint density at radius 1 is 1.32 bits per heavy atom. The van der Waals surface area contributed by atoms with E-state index >= 15 is 0 Å². The fraction of sp³-hybridized carbons (Fsp3) is 0.500. The Balaban J connectivity index is 1.52. The number of nitrogens with two attached hydrogens (primary N) is 1. The van der Waals surface area contributed by atoms with Gasteiger partial charge in [-0.15, -0.1) is 0 Å². The van der Waals surface area contributed by atoms with Gasteiger partial charge in [-0.3, -0.25) is 0 Å². The molecular formula is C20H23ClN6S. The van der Waals surface area contributed by atoms with E-state index in [1.165, 1.54) is 43.9 Å². The van der Waals surface area contributed by atoms with Gasteiger partial charge in [0.15, 0.2) is 5.69 Å². The number of nitrogen functional groups attached to an aromatic ring is 1. The number of nitriles is 1. The maximum atomic E-state index is 9.59. The average molecular weight is 415 g/mol. The fourth-order valence-electron chi connectivity index (χ4n) is 4.53. The largest absolute Gasteiger partial charge is 0.382 e. The van der Waals surface area contributed by atoms with E-state index in [9.17, 15) is 5.26 Å². The van der Waals surface area contributed by atoms with E-state index in [0.717, 1.165) is 24.8 Å². The molecule has 2 aromatic rings.